The van der Waals surface area contributed by atoms with E-state index in [2.05, 4.69) is 25.6 Å². The lowest BCUT2D eigenvalue weighted by molar-refractivity contribution is 0.292. The van der Waals surface area contributed by atoms with Gasteiger partial charge in [0, 0.05) is 42.9 Å². The maximum Gasteiger partial charge on any atom is 0.225 e. The first-order valence-electron chi connectivity index (χ1n) is 8.02. The number of aromatic nitrogens is 3. The maximum atomic E-state index is 13.3. The van der Waals surface area contributed by atoms with E-state index in [1.165, 1.54) is 12.1 Å². The van der Waals surface area contributed by atoms with E-state index >= 15 is 0 Å². The second-order valence-corrected chi connectivity index (χ2v) is 5.87. The second kappa shape index (κ2) is 8.55. The van der Waals surface area contributed by atoms with Gasteiger partial charge in [-0.05, 0) is 36.8 Å². The summed E-state index contributed by atoms with van der Waals surface area (Å²) < 4.78 is 13.3. The summed E-state index contributed by atoms with van der Waals surface area (Å²) in [5.41, 5.74) is 2.11. The van der Waals surface area contributed by atoms with Crippen LogP contribution < -0.4 is 10.6 Å². The van der Waals surface area contributed by atoms with E-state index in [0.717, 1.165) is 5.56 Å². The third kappa shape index (κ3) is 4.65. The Hall–Kier alpha value is -2.77. The molecule has 1 aromatic carbocycles. The van der Waals surface area contributed by atoms with Gasteiger partial charge in [-0.25, -0.2) is 9.37 Å². The third-order valence-electron chi connectivity index (χ3n) is 3.49. The van der Waals surface area contributed by atoms with Crippen molar-refractivity contribution < 1.29 is 9.50 Å². The number of benzene rings is 1. The number of nitrogens with one attached hydrogen (secondary N) is 2. The van der Waals surface area contributed by atoms with Crippen LogP contribution in [-0.4, -0.2) is 33.2 Å². The number of pyridine rings is 1. The van der Waals surface area contributed by atoms with Gasteiger partial charge in [0.05, 0.1) is 10.7 Å². The number of aliphatic hydroxyl groups excluding tert-OH is 1. The molecular formula is C18H17ClFN5O. The first-order chi connectivity index (χ1) is 12.7. The molecule has 3 rings (SSSR count). The lowest BCUT2D eigenvalue weighted by atomic mass is 10.2. The molecule has 26 heavy (non-hydrogen) atoms. The lowest BCUT2D eigenvalue weighted by Gasteiger charge is -2.11. The summed E-state index contributed by atoms with van der Waals surface area (Å²) in [6, 6.07) is 9.84. The average Bonchev–Trinajstić information content (AvgIpc) is 2.66. The van der Waals surface area contributed by atoms with Gasteiger partial charge in [0.25, 0.3) is 0 Å². The molecule has 134 valence electrons. The Balaban J connectivity index is 1.91. The molecule has 0 aliphatic carbocycles. The Kier molecular flexibility index (Phi) is 5.93. The molecule has 8 heteroatoms. The molecular weight excluding hydrogens is 357 g/mol. The quantitative estimate of drug-likeness (QED) is 0.545. The van der Waals surface area contributed by atoms with Crippen LogP contribution in [0.3, 0.4) is 0 Å². The van der Waals surface area contributed by atoms with Crippen LogP contribution in [0.5, 0.6) is 0 Å². The first-order valence-corrected chi connectivity index (χ1v) is 8.40. The summed E-state index contributed by atoms with van der Waals surface area (Å²) in [7, 11) is 0. The molecule has 0 atom stereocenters. The molecule has 0 amide bonds. The fourth-order valence-electron chi connectivity index (χ4n) is 2.25. The van der Waals surface area contributed by atoms with E-state index in [0.29, 0.717) is 36.1 Å². The van der Waals surface area contributed by atoms with Crippen molar-refractivity contribution in [1.82, 2.24) is 15.0 Å². The Labute approximate surface area is 155 Å². The minimum absolute atomic E-state index is 0.0258. The molecule has 0 spiro atoms. The molecule has 0 aliphatic heterocycles. The van der Waals surface area contributed by atoms with Gasteiger partial charge >= 0.3 is 0 Å². The predicted molar refractivity (Wildman–Crippen MR) is 100 cm³/mol. The zero-order valence-electron chi connectivity index (χ0n) is 13.8. The maximum absolute atomic E-state index is 13.3. The molecule has 0 saturated carbocycles. The van der Waals surface area contributed by atoms with E-state index in [9.17, 15) is 4.39 Å². The standard InChI is InChI=1S/C18H17ClFN5O/c19-14-9-13(4-5-15(14)20)23-17-10-16(12-3-1-6-21-11-12)24-18(25-17)22-7-2-8-26/h1,3-6,9-11,26H,2,7-8H2,(H2,22,23,24,25). The molecule has 0 aliphatic rings. The van der Waals surface area contributed by atoms with Crippen molar-refractivity contribution in [2.75, 3.05) is 23.8 Å². The molecule has 0 unspecified atom stereocenters. The number of rotatable bonds is 7. The van der Waals surface area contributed by atoms with Crippen molar-refractivity contribution in [3.8, 4) is 11.3 Å². The molecule has 0 saturated heterocycles. The highest BCUT2D eigenvalue weighted by Crippen LogP contribution is 2.25. The molecule has 3 N–H and O–H groups in total. The van der Waals surface area contributed by atoms with Crippen LogP contribution in [0.4, 0.5) is 21.8 Å². The molecule has 3 aromatic rings. The highest BCUT2D eigenvalue weighted by Gasteiger charge is 2.08. The average molecular weight is 374 g/mol. The zero-order chi connectivity index (χ0) is 18.4. The molecule has 0 radical (unpaired) electrons. The summed E-state index contributed by atoms with van der Waals surface area (Å²) >= 11 is 5.83. The van der Waals surface area contributed by atoms with Crippen molar-refractivity contribution in [2.24, 2.45) is 0 Å². The molecule has 6 nitrogen and oxygen atoms in total. The Morgan fingerprint density at radius 1 is 1.15 bits per heavy atom. The van der Waals surface area contributed by atoms with Crippen LogP contribution in [0.2, 0.25) is 5.02 Å². The fraction of sp³-hybridized carbons (Fsp3) is 0.167. The number of aliphatic hydroxyl groups is 1. The highest BCUT2D eigenvalue weighted by molar-refractivity contribution is 6.31. The predicted octanol–water partition coefficient (Wildman–Crippen LogP) is 3.87. The molecule has 0 fully saturated rings. The number of anilines is 3. The minimum Gasteiger partial charge on any atom is -0.396 e. The molecule has 0 bridgehead atoms. The van der Waals surface area contributed by atoms with Crippen molar-refractivity contribution in [3.63, 3.8) is 0 Å². The largest absolute Gasteiger partial charge is 0.396 e. The topological polar surface area (TPSA) is 83.0 Å². The van der Waals surface area contributed by atoms with Crippen LogP contribution in [0, 0.1) is 5.82 Å². The number of nitrogens with zero attached hydrogens (tertiary/aromatic N) is 3. The van der Waals surface area contributed by atoms with Crippen LogP contribution in [0.25, 0.3) is 11.3 Å². The van der Waals surface area contributed by atoms with Gasteiger partial charge in [0.15, 0.2) is 0 Å². The fourth-order valence-corrected chi connectivity index (χ4v) is 2.43. The van der Waals surface area contributed by atoms with Crippen LogP contribution in [-0.2, 0) is 0 Å². The first kappa shape index (κ1) is 18.0. The molecule has 2 heterocycles. The van der Waals surface area contributed by atoms with Gasteiger partial charge in [-0.3, -0.25) is 4.98 Å². The van der Waals surface area contributed by atoms with Gasteiger partial charge in [-0.1, -0.05) is 11.6 Å². The van der Waals surface area contributed by atoms with Crippen LogP contribution >= 0.6 is 11.6 Å². The van der Waals surface area contributed by atoms with Crippen molar-refractivity contribution in [3.05, 3.63) is 59.6 Å². The van der Waals surface area contributed by atoms with E-state index in [4.69, 9.17) is 16.7 Å². The zero-order valence-corrected chi connectivity index (χ0v) is 14.5. The van der Waals surface area contributed by atoms with E-state index < -0.39 is 5.82 Å². The van der Waals surface area contributed by atoms with Gasteiger partial charge in [-0.15, -0.1) is 0 Å². The van der Waals surface area contributed by atoms with Crippen LogP contribution in [0.1, 0.15) is 6.42 Å². The Morgan fingerprint density at radius 3 is 2.77 bits per heavy atom. The smallest absolute Gasteiger partial charge is 0.225 e. The summed E-state index contributed by atoms with van der Waals surface area (Å²) in [6.45, 7) is 0.614. The minimum atomic E-state index is -0.484. The summed E-state index contributed by atoms with van der Waals surface area (Å²) in [6.07, 6.45) is 3.97. The van der Waals surface area contributed by atoms with Gasteiger partial charge in [-0.2, -0.15) is 4.98 Å². The van der Waals surface area contributed by atoms with E-state index in [-0.39, 0.29) is 11.6 Å². The second-order valence-electron chi connectivity index (χ2n) is 5.46. The third-order valence-corrected chi connectivity index (χ3v) is 3.78. The lowest BCUT2D eigenvalue weighted by Crippen LogP contribution is -2.08. The monoisotopic (exact) mass is 373 g/mol. The van der Waals surface area contributed by atoms with Gasteiger partial charge in [0.2, 0.25) is 5.95 Å². The molecule has 2 aromatic heterocycles. The van der Waals surface area contributed by atoms with Crippen molar-refractivity contribution in [2.45, 2.75) is 6.42 Å². The normalized spacial score (nSPS) is 10.6. The Bertz CT molecular complexity index is 879. The van der Waals surface area contributed by atoms with Gasteiger partial charge in [0.1, 0.15) is 11.6 Å². The summed E-state index contributed by atoms with van der Waals surface area (Å²) in [5, 5.41) is 15.1. The summed E-state index contributed by atoms with van der Waals surface area (Å²) in [5.74, 6) is 0.450. The van der Waals surface area contributed by atoms with Crippen molar-refractivity contribution in [1.29, 1.82) is 0 Å². The number of halogens is 2. The Morgan fingerprint density at radius 2 is 2.04 bits per heavy atom. The number of hydrogen-bond donors (Lipinski definition) is 3. The van der Waals surface area contributed by atoms with Crippen molar-refractivity contribution >= 4 is 29.1 Å². The number of hydrogen-bond acceptors (Lipinski definition) is 6. The SMILES string of the molecule is OCCCNc1nc(Nc2ccc(F)c(Cl)c2)cc(-c2cccnc2)n1. The highest BCUT2D eigenvalue weighted by atomic mass is 35.5. The van der Waals surface area contributed by atoms with E-state index in [1.54, 1.807) is 24.5 Å². The van der Waals surface area contributed by atoms with Crippen LogP contribution in [0.15, 0.2) is 48.8 Å². The van der Waals surface area contributed by atoms with Gasteiger partial charge < -0.3 is 15.7 Å². The summed E-state index contributed by atoms with van der Waals surface area (Å²) in [4.78, 5) is 13.0. The van der Waals surface area contributed by atoms with E-state index in [1.807, 2.05) is 12.1 Å².